The maximum atomic E-state index is 3.34. The van der Waals surface area contributed by atoms with Crippen molar-refractivity contribution in [2.24, 2.45) is 0 Å². The van der Waals surface area contributed by atoms with Crippen molar-refractivity contribution in [2.45, 2.75) is 19.4 Å². The van der Waals surface area contributed by atoms with Gasteiger partial charge in [0.1, 0.15) is 0 Å². The normalized spacial score (nSPS) is 18.0. The highest BCUT2D eigenvalue weighted by Crippen LogP contribution is 2.20. The molecule has 1 N–H and O–H groups in total. The van der Waals surface area contributed by atoms with Gasteiger partial charge in [0.05, 0.1) is 0 Å². The minimum Gasteiger partial charge on any atom is -0.361 e. The molecule has 0 atom stereocenters. The van der Waals surface area contributed by atoms with Gasteiger partial charge in [0.15, 0.2) is 0 Å². The van der Waals surface area contributed by atoms with E-state index in [4.69, 9.17) is 0 Å². The van der Waals surface area contributed by atoms with Crippen molar-refractivity contribution >= 4 is 10.9 Å². The van der Waals surface area contributed by atoms with Crippen molar-refractivity contribution in [3.05, 3.63) is 42.4 Å². The standard InChI is InChI=1S/C14H17N2/c1-2-9-16(10-3-1)11-13-6-4-5-12-7-8-15-14(12)13/h2,4-8,15H,1,3,9-11H2. The van der Waals surface area contributed by atoms with Gasteiger partial charge in [-0.1, -0.05) is 18.2 Å². The van der Waals surface area contributed by atoms with Gasteiger partial charge >= 0.3 is 0 Å². The molecule has 2 heteroatoms. The summed E-state index contributed by atoms with van der Waals surface area (Å²) >= 11 is 0. The van der Waals surface area contributed by atoms with Gasteiger partial charge < -0.3 is 4.98 Å². The molecule has 2 heterocycles. The molecule has 0 amide bonds. The molecule has 1 aromatic heterocycles. The van der Waals surface area contributed by atoms with Crippen LogP contribution in [0.1, 0.15) is 18.4 Å². The lowest BCUT2D eigenvalue weighted by molar-refractivity contribution is 0.255. The van der Waals surface area contributed by atoms with Crippen LogP contribution < -0.4 is 0 Å². The lowest BCUT2D eigenvalue weighted by Gasteiger charge is -2.26. The van der Waals surface area contributed by atoms with Crippen molar-refractivity contribution in [1.29, 1.82) is 0 Å². The van der Waals surface area contributed by atoms with Crippen LogP contribution in [0, 0.1) is 6.42 Å². The van der Waals surface area contributed by atoms with E-state index in [-0.39, 0.29) is 0 Å². The summed E-state index contributed by atoms with van der Waals surface area (Å²) in [7, 11) is 0. The summed E-state index contributed by atoms with van der Waals surface area (Å²) in [5.74, 6) is 0. The molecule has 3 rings (SSSR count). The number of rotatable bonds is 2. The van der Waals surface area contributed by atoms with Gasteiger partial charge in [0, 0.05) is 24.8 Å². The van der Waals surface area contributed by atoms with E-state index in [1.165, 1.54) is 35.9 Å². The van der Waals surface area contributed by atoms with E-state index in [1.807, 2.05) is 6.20 Å². The Kier molecular flexibility index (Phi) is 2.66. The molecule has 16 heavy (non-hydrogen) atoms. The second-order valence-corrected chi connectivity index (χ2v) is 4.53. The number of piperidine rings is 1. The molecule has 83 valence electrons. The summed E-state index contributed by atoms with van der Waals surface area (Å²) in [5.41, 5.74) is 2.71. The van der Waals surface area contributed by atoms with Crippen molar-refractivity contribution < 1.29 is 0 Å². The number of aromatic nitrogens is 1. The quantitative estimate of drug-likeness (QED) is 0.812. The number of nitrogens with one attached hydrogen (secondary N) is 1. The van der Waals surface area contributed by atoms with Crippen LogP contribution in [0.3, 0.4) is 0 Å². The summed E-state index contributed by atoms with van der Waals surface area (Å²) in [6.45, 7) is 3.43. The topological polar surface area (TPSA) is 19.0 Å². The average Bonchev–Trinajstić information content (AvgIpc) is 2.80. The Labute approximate surface area is 96.3 Å². The first kappa shape index (κ1) is 9.91. The van der Waals surface area contributed by atoms with Crippen LogP contribution in [0.15, 0.2) is 30.5 Å². The number of hydrogen-bond acceptors (Lipinski definition) is 1. The molecule has 2 nitrogen and oxygen atoms in total. The molecule has 0 saturated carbocycles. The Morgan fingerprint density at radius 2 is 2.25 bits per heavy atom. The number of fused-ring (bicyclic) bond motifs is 1. The third-order valence-electron chi connectivity index (χ3n) is 3.34. The van der Waals surface area contributed by atoms with Gasteiger partial charge in [0.2, 0.25) is 0 Å². The van der Waals surface area contributed by atoms with Gasteiger partial charge in [-0.3, -0.25) is 4.90 Å². The summed E-state index contributed by atoms with van der Waals surface area (Å²) < 4.78 is 0. The zero-order valence-corrected chi connectivity index (χ0v) is 9.45. The highest BCUT2D eigenvalue weighted by molar-refractivity contribution is 5.82. The molecule has 0 spiro atoms. The molecule has 1 saturated heterocycles. The van der Waals surface area contributed by atoms with Crippen LogP contribution in [0.4, 0.5) is 0 Å². The second kappa shape index (κ2) is 4.30. The van der Waals surface area contributed by atoms with Crippen LogP contribution in [-0.2, 0) is 6.54 Å². The van der Waals surface area contributed by atoms with Crippen LogP contribution in [0.2, 0.25) is 0 Å². The minimum atomic E-state index is 1.06. The molecular weight excluding hydrogens is 196 g/mol. The molecule has 1 aromatic carbocycles. The Morgan fingerprint density at radius 3 is 3.12 bits per heavy atom. The lowest BCUT2D eigenvalue weighted by Crippen LogP contribution is -2.29. The zero-order valence-electron chi connectivity index (χ0n) is 9.45. The smallest absolute Gasteiger partial charge is 0.0499 e. The average molecular weight is 213 g/mol. The third kappa shape index (κ3) is 1.85. The summed E-state index contributed by atoms with van der Waals surface area (Å²) in [4.78, 5) is 5.85. The highest BCUT2D eigenvalue weighted by Gasteiger charge is 2.12. The zero-order chi connectivity index (χ0) is 10.8. The number of benzene rings is 1. The van der Waals surface area contributed by atoms with E-state index < -0.39 is 0 Å². The van der Waals surface area contributed by atoms with Crippen LogP contribution >= 0.6 is 0 Å². The molecule has 0 bridgehead atoms. The summed E-state index contributed by atoms with van der Waals surface area (Å²) in [6.07, 6.45) is 7.00. The lowest BCUT2D eigenvalue weighted by atomic mass is 10.1. The monoisotopic (exact) mass is 213 g/mol. The highest BCUT2D eigenvalue weighted by atomic mass is 15.1. The number of aromatic amines is 1. The van der Waals surface area contributed by atoms with E-state index in [0.29, 0.717) is 0 Å². The number of H-pyrrole nitrogens is 1. The van der Waals surface area contributed by atoms with Gasteiger partial charge in [-0.25, -0.2) is 0 Å². The SMILES string of the molecule is [CH]1CCCN(Cc2cccc3cc[nH]c23)C1. The fourth-order valence-corrected chi connectivity index (χ4v) is 2.49. The van der Waals surface area contributed by atoms with Gasteiger partial charge in [-0.05, 0) is 42.8 Å². The third-order valence-corrected chi connectivity index (χ3v) is 3.34. The molecule has 1 aliphatic heterocycles. The molecule has 1 radical (unpaired) electrons. The Hall–Kier alpha value is -1.28. The molecule has 2 aromatic rings. The van der Waals surface area contributed by atoms with Crippen LogP contribution in [0.25, 0.3) is 10.9 Å². The van der Waals surface area contributed by atoms with Crippen molar-refractivity contribution in [3.63, 3.8) is 0 Å². The molecular formula is C14H17N2. The molecule has 0 aliphatic carbocycles. The predicted octanol–water partition coefficient (Wildman–Crippen LogP) is 2.97. The van der Waals surface area contributed by atoms with Crippen molar-refractivity contribution in [2.75, 3.05) is 13.1 Å². The Morgan fingerprint density at radius 1 is 1.25 bits per heavy atom. The fourth-order valence-electron chi connectivity index (χ4n) is 2.49. The van der Waals surface area contributed by atoms with Gasteiger partial charge in [0.25, 0.3) is 0 Å². The first-order valence-corrected chi connectivity index (χ1v) is 6.02. The molecule has 0 unspecified atom stereocenters. The number of para-hydroxylation sites is 1. The second-order valence-electron chi connectivity index (χ2n) is 4.53. The Bertz CT molecular complexity index is 466. The van der Waals surface area contributed by atoms with Gasteiger partial charge in [-0.2, -0.15) is 0 Å². The maximum absolute atomic E-state index is 3.34. The first-order valence-electron chi connectivity index (χ1n) is 6.02. The van der Waals surface area contributed by atoms with E-state index in [1.54, 1.807) is 0 Å². The minimum absolute atomic E-state index is 1.06. The maximum Gasteiger partial charge on any atom is 0.0499 e. The number of likely N-dealkylation sites (tertiary alicyclic amines) is 1. The fraction of sp³-hybridized carbons (Fsp3) is 0.357. The first-order chi connectivity index (χ1) is 7.93. The van der Waals surface area contributed by atoms with E-state index >= 15 is 0 Å². The number of hydrogen-bond donors (Lipinski definition) is 1. The van der Waals surface area contributed by atoms with Crippen LogP contribution in [0.5, 0.6) is 0 Å². The van der Waals surface area contributed by atoms with Crippen molar-refractivity contribution in [3.8, 4) is 0 Å². The van der Waals surface area contributed by atoms with E-state index in [2.05, 4.69) is 40.6 Å². The molecule has 1 aliphatic rings. The summed E-state index contributed by atoms with van der Waals surface area (Å²) in [5, 5.41) is 1.32. The van der Waals surface area contributed by atoms with E-state index in [0.717, 1.165) is 13.1 Å². The Balaban J connectivity index is 1.85. The number of nitrogens with zero attached hydrogens (tertiary/aromatic N) is 1. The largest absolute Gasteiger partial charge is 0.361 e. The van der Waals surface area contributed by atoms with Gasteiger partial charge in [-0.15, -0.1) is 0 Å². The predicted molar refractivity (Wildman–Crippen MR) is 67.1 cm³/mol. The van der Waals surface area contributed by atoms with Crippen LogP contribution in [-0.4, -0.2) is 23.0 Å². The molecule has 1 fully saturated rings. The van der Waals surface area contributed by atoms with E-state index in [9.17, 15) is 0 Å². The summed E-state index contributed by atoms with van der Waals surface area (Å²) in [6, 6.07) is 8.69. The van der Waals surface area contributed by atoms with Crippen molar-refractivity contribution in [1.82, 2.24) is 9.88 Å².